The number of hydrogen-bond acceptors (Lipinski definition) is 1. The van der Waals surface area contributed by atoms with Gasteiger partial charge in [-0.2, -0.15) is 0 Å². The molecule has 0 aliphatic carbocycles. The van der Waals surface area contributed by atoms with Gasteiger partial charge in [0.05, 0.1) is 0 Å². The van der Waals surface area contributed by atoms with Crippen molar-refractivity contribution >= 4 is 33.3 Å². The second kappa shape index (κ2) is 5.25. The zero-order valence-corrected chi connectivity index (χ0v) is 12.5. The third-order valence-corrected chi connectivity index (χ3v) is 3.74. The summed E-state index contributed by atoms with van der Waals surface area (Å²) >= 11 is 9.42. The Kier molecular flexibility index (Phi) is 3.88. The second-order valence-electron chi connectivity index (χ2n) is 4.26. The van der Waals surface area contributed by atoms with E-state index in [4.69, 9.17) is 11.6 Å². The number of ketones is 1. The molecule has 2 aromatic rings. The van der Waals surface area contributed by atoms with E-state index in [-0.39, 0.29) is 5.78 Å². The molecule has 0 radical (unpaired) electrons. The van der Waals surface area contributed by atoms with Crippen LogP contribution >= 0.6 is 27.5 Å². The number of carbonyl (C=O) groups is 1. The van der Waals surface area contributed by atoms with Crippen LogP contribution in [0.2, 0.25) is 5.02 Å². The van der Waals surface area contributed by atoms with Gasteiger partial charge in [-0.3, -0.25) is 4.79 Å². The third kappa shape index (κ3) is 2.65. The van der Waals surface area contributed by atoms with Gasteiger partial charge in [0.1, 0.15) is 0 Å². The summed E-state index contributed by atoms with van der Waals surface area (Å²) < 4.78 is 0.900. The van der Waals surface area contributed by atoms with Crippen LogP contribution in [-0.2, 0) is 0 Å². The Balaban J connectivity index is 2.49. The molecule has 0 saturated carbocycles. The van der Waals surface area contributed by atoms with Crippen LogP contribution in [0.1, 0.15) is 27.0 Å². The third-order valence-electron chi connectivity index (χ3n) is 2.84. The minimum absolute atomic E-state index is 0.0218. The Labute approximate surface area is 120 Å². The normalized spacial score (nSPS) is 10.4. The van der Waals surface area contributed by atoms with Gasteiger partial charge in [-0.25, -0.2) is 0 Å². The SMILES string of the molecule is Cc1cc(C(=O)c2cccc(Br)c2)c(C)cc1Cl. The number of hydrogen-bond donors (Lipinski definition) is 0. The summed E-state index contributed by atoms with van der Waals surface area (Å²) in [5.41, 5.74) is 3.19. The minimum Gasteiger partial charge on any atom is -0.289 e. The van der Waals surface area contributed by atoms with Crippen molar-refractivity contribution in [2.45, 2.75) is 13.8 Å². The fraction of sp³-hybridized carbons (Fsp3) is 0.133. The Morgan fingerprint density at radius 1 is 1.11 bits per heavy atom. The van der Waals surface area contributed by atoms with Gasteiger partial charge in [0.2, 0.25) is 0 Å². The lowest BCUT2D eigenvalue weighted by Gasteiger charge is -2.08. The van der Waals surface area contributed by atoms with Crippen molar-refractivity contribution in [2.24, 2.45) is 0 Å². The molecule has 0 aliphatic heterocycles. The first-order valence-corrected chi connectivity index (χ1v) is 6.73. The zero-order valence-electron chi connectivity index (χ0n) is 10.1. The zero-order chi connectivity index (χ0) is 13.3. The van der Waals surface area contributed by atoms with E-state index in [1.807, 2.05) is 50.2 Å². The smallest absolute Gasteiger partial charge is 0.193 e. The summed E-state index contributed by atoms with van der Waals surface area (Å²) in [6.45, 7) is 3.80. The van der Waals surface area contributed by atoms with Crippen LogP contribution in [0.4, 0.5) is 0 Å². The van der Waals surface area contributed by atoms with E-state index in [1.54, 1.807) is 0 Å². The average molecular weight is 324 g/mol. The number of benzene rings is 2. The Morgan fingerprint density at radius 2 is 1.83 bits per heavy atom. The predicted molar refractivity (Wildman–Crippen MR) is 78.5 cm³/mol. The van der Waals surface area contributed by atoms with Crippen molar-refractivity contribution in [3.05, 3.63) is 68.1 Å². The molecule has 0 N–H and O–H groups in total. The van der Waals surface area contributed by atoms with E-state index < -0.39 is 0 Å². The number of halogens is 2. The summed E-state index contributed by atoms with van der Waals surface area (Å²) in [6.07, 6.45) is 0. The molecule has 0 aliphatic rings. The van der Waals surface area contributed by atoms with Crippen LogP contribution in [0.3, 0.4) is 0 Å². The Morgan fingerprint density at radius 3 is 2.50 bits per heavy atom. The van der Waals surface area contributed by atoms with Gasteiger partial charge < -0.3 is 0 Å². The molecular weight excluding hydrogens is 312 g/mol. The summed E-state index contributed by atoms with van der Waals surface area (Å²) in [7, 11) is 0. The highest BCUT2D eigenvalue weighted by atomic mass is 79.9. The van der Waals surface area contributed by atoms with Gasteiger partial charge in [-0.05, 0) is 49.2 Å². The van der Waals surface area contributed by atoms with E-state index in [0.29, 0.717) is 16.1 Å². The van der Waals surface area contributed by atoms with Crippen LogP contribution in [0, 0.1) is 13.8 Å². The predicted octanol–water partition coefficient (Wildman–Crippen LogP) is 4.95. The van der Waals surface area contributed by atoms with Gasteiger partial charge in [0, 0.05) is 20.6 Å². The molecule has 2 aromatic carbocycles. The van der Waals surface area contributed by atoms with Gasteiger partial charge in [0.25, 0.3) is 0 Å². The molecule has 18 heavy (non-hydrogen) atoms. The van der Waals surface area contributed by atoms with Crippen molar-refractivity contribution < 1.29 is 4.79 Å². The second-order valence-corrected chi connectivity index (χ2v) is 5.58. The van der Waals surface area contributed by atoms with Crippen LogP contribution in [0.25, 0.3) is 0 Å². The summed E-state index contributed by atoms with van der Waals surface area (Å²) in [4.78, 5) is 12.4. The fourth-order valence-corrected chi connectivity index (χ4v) is 2.43. The Hall–Kier alpha value is -1.12. The molecule has 0 aromatic heterocycles. The summed E-state index contributed by atoms with van der Waals surface area (Å²) in [5, 5.41) is 0.693. The maximum absolute atomic E-state index is 12.4. The van der Waals surface area contributed by atoms with Crippen molar-refractivity contribution in [3.8, 4) is 0 Å². The standard InChI is InChI=1S/C15H12BrClO/c1-9-7-14(17)10(2)6-13(9)15(18)11-4-3-5-12(16)8-11/h3-8H,1-2H3. The van der Waals surface area contributed by atoms with Gasteiger partial charge >= 0.3 is 0 Å². The molecule has 1 nitrogen and oxygen atoms in total. The highest BCUT2D eigenvalue weighted by Crippen LogP contribution is 2.23. The van der Waals surface area contributed by atoms with E-state index in [2.05, 4.69) is 15.9 Å². The molecule has 0 fully saturated rings. The summed E-state index contributed by atoms with van der Waals surface area (Å²) in [6, 6.07) is 11.1. The van der Waals surface area contributed by atoms with Gasteiger partial charge in [0.15, 0.2) is 5.78 Å². The lowest BCUT2D eigenvalue weighted by molar-refractivity contribution is 0.103. The van der Waals surface area contributed by atoms with Gasteiger partial charge in [-0.1, -0.05) is 39.7 Å². The highest BCUT2D eigenvalue weighted by molar-refractivity contribution is 9.10. The lowest BCUT2D eigenvalue weighted by Crippen LogP contribution is -2.04. The van der Waals surface area contributed by atoms with E-state index in [0.717, 1.165) is 15.6 Å². The molecule has 0 amide bonds. The maximum Gasteiger partial charge on any atom is 0.193 e. The molecular formula is C15H12BrClO. The molecule has 3 heteroatoms. The largest absolute Gasteiger partial charge is 0.289 e. The van der Waals surface area contributed by atoms with Crippen molar-refractivity contribution in [3.63, 3.8) is 0 Å². The van der Waals surface area contributed by atoms with Crippen LogP contribution in [-0.4, -0.2) is 5.78 Å². The Bertz CT molecular complexity index is 620. The highest BCUT2D eigenvalue weighted by Gasteiger charge is 2.13. The number of aryl methyl sites for hydroxylation is 2. The monoisotopic (exact) mass is 322 g/mol. The maximum atomic E-state index is 12.4. The lowest BCUT2D eigenvalue weighted by atomic mass is 9.97. The van der Waals surface area contributed by atoms with Gasteiger partial charge in [-0.15, -0.1) is 0 Å². The average Bonchev–Trinajstić information content (AvgIpc) is 2.33. The van der Waals surface area contributed by atoms with Crippen LogP contribution in [0.15, 0.2) is 40.9 Å². The molecule has 0 spiro atoms. The molecule has 0 atom stereocenters. The quantitative estimate of drug-likeness (QED) is 0.715. The number of rotatable bonds is 2. The molecule has 0 heterocycles. The van der Waals surface area contributed by atoms with E-state index in [9.17, 15) is 4.79 Å². The summed E-state index contributed by atoms with van der Waals surface area (Å²) in [5.74, 6) is 0.0218. The van der Waals surface area contributed by atoms with Crippen LogP contribution in [0.5, 0.6) is 0 Å². The molecule has 0 saturated heterocycles. The van der Waals surface area contributed by atoms with Crippen molar-refractivity contribution in [2.75, 3.05) is 0 Å². The first-order valence-electron chi connectivity index (χ1n) is 5.56. The molecule has 0 unspecified atom stereocenters. The van der Waals surface area contributed by atoms with E-state index in [1.165, 1.54) is 0 Å². The minimum atomic E-state index is 0.0218. The first-order chi connectivity index (χ1) is 8.49. The molecule has 0 bridgehead atoms. The van der Waals surface area contributed by atoms with Crippen LogP contribution < -0.4 is 0 Å². The molecule has 92 valence electrons. The van der Waals surface area contributed by atoms with E-state index >= 15 is 0 Å². The van der Waals surface area contributed by atoms with Crippen molar-refractivity contribution in [1.82, 2.24) is 0 Å². The fourth-order valence-electron chi connectivity index (χ4n) is 1.81. The topological polar surface area (TPSA) is 17.1 Å². The van der Waals surface area contributed by atoms with Crippen molar-refractivity contribution in [1.29, 1.82) is 0 Å². The molecule has 2 rings (SSSR count). The number of carbonyl (C=O) groups excluding carboxylic acids is 1. The first kappa shape index (κ1) is 13.3.